The molecule has 1 N–H and O–H groups in total. The standard InChI is InChI=1S/C14H17BrN4O/c1-9-6-19-8-11(3-4-13(19)16-9)17-14(20)12-5-10(15)7-18(12)2/h5-7,11H,3-4,8H2,1-2H3,(H,17,20)/t11-/m0/s1. The number of nitrogens with one attached hydrogen (secondary N) is 1. The van der Waals surface area contributed by atoms with Gasteiger partial charge in [-0.2, -0.15) is 0 Å². The molecule has 2 aromatic heterocycles. The van der Waals surface area contributed by atoms with E-state index in [1.165, 1.54) is 0 Å². The summed E-state index contributed by atoms with van der Waals surface area (Å²) in [4.78, 5) is 16.8. The summed E-state index contributed by atoms with van der Waals surface area (Å²) in [5, 5.41) is 3.11. The minimum absolute atomic E-state index is 0.0245. The van der Waals surface area contributed by atoms with Crippen LogP contribution in [0.1, 0.15) is 28.4 Å². The largest absolute Gasteiger partial charge is 0.346 e. The van der Waals surface area contributed by atoms with Crippen molar-refractivity contribution in [2.24, 2.45) is 7.05 Å². The van der Waals surface area contributed by atoms with Crippen LogP contribution in [0.25, 0.3) is 0 Å². The lowest BCUT2D eigenvalue weighted by Gasteiger charge is -2.24. The number of hydrogen-bond acceptors (Lipinski definition) is 2. The van der Waals surface area contributed by atoms with Gasteiger partial charge in [0, 0.05) is 42.9 Å². The van der Waals surface area contributed by atoms with E-state index in [0.717, 1.165) is 35.4 Å². The summed E-state index contributed by atoms with van der Waals surface area (Å²) in [7, 11) is 1.87. The first kappa shape index (κ1) is 13.4. The number of imidazole rings is 1. The van der Waals surface area contributed by atoms with Gasteiger partial charge in [-0.1, -0.05) is 0 Å². The smallest absolute Gasteiger partial charge is 0.268 e. The minimum atomic E-state index is -0.0245. The predicted octanol–water partition coefficient (Wildman–Crippen LogP) is 2.04. The Kier molecular flexibility index (Phi) is 3.41. The molecule has 106 valence electrons. The fourth-order valence-electron chi connectivity index (χ4n) is 2.71. The van der Waals surface area contributed by atoms with Crippen LogP contribution in [0.4, 0.5) is 0 Å². The van der Waals surface area contributed by atoms with E-state index < -0.39 is 0 Å². The van der Waals surface area contributed by atoms with Crippen LogP contribution in [-0.2, 0) is 20.0 Å². The highest BCUT2D eigenvalue weighted by Gasteiger charge is 2.22. The zero-order chi connectivity index (χ0) is 14.3. The molecule has 0 radical (unpaired) electrons. The molecule has 0 saturated heterocycles. The molecular weight excluding hydrogens is 320 g/mol. The summed E-state index contributed by atoms with van der Waals surface area (Å²) in [6.45, 7) is 2.80. The molecule has 20 heavy (non-hydrogen) atoms. The maximum absolute atomic E-state index is 12.3. The molecular formula is C14H17BrN4O. The molecule has 0 spiro atoms. The van der Waals surface area contributed by atoms with Gasteiger partial charge < -0.3 is 14.5 Å². The number of aryl methyl sites for hydroxylation is 3. The van der Waals surface area contributed by atoms with E-state index in [1.807, 2.05) is 37.0 Å². The van der Waals surface area contributed by atoms with Gasteiger partial charge in [0.2, 0.25) is 0 Å². The van der Waals surface area contributed by atoms with Gasteiger partial charge in [0.25, 0.3) is 5.91 Å². The number of nitrogens with zero attached hydrogens (tertiary/aromatic N) is 3. The third kappa shape index (κ3) is 2.52. The van der Waals surface area contributed by atoms with Crippen molar-refractivity contribution in [1.29, 1.82) is 0 Å². The first-order valence-corrected chi connectivity index (χ1v) is 7.47. The maximum Gasteiger partial charge on any atom is 0.268 e. The molecule has 0 saturated carbocycles. The van der Waals surface area contributed by atoms with E-state index in [-0.39, 0.29) is 11.9 Å². The summed E-state index contributed by atoms with van der Waals surface area (Å²) in [6, 6.07) is 2.00. The Morgan fingerprint density at radius 2 is 2.30 bits per heavy atom. The van der Waals surface area contributed by atoms with E-state index in [1.54, 1.807) is 0 Å². The van der Waals surface area contributed by atoms with Crippen molar-refractivity contribution in [2.45, 2.75) is 32.4 Å². The second-order valence-corrected chi connectivity index (χ2v) is 6.23. The molecule has 5 nitrogen and oxygen atoms in total. The Balaban J connectivity index is 1.70. The van der Waals surface area contributed by atoms with Gasteiger partial charge in [0.1, 0.15) is 11.5 Å². The quantitative estimate of drug-likeness (QED) is 0.912. The SMILES string of the molecule is Cc1cn2c(n1)CC[C@H](NC(=O)c1cc(Br)cn1C)C2. The second kappa shape index (κ2) is 5.09. The zero-order valence-electron chi connectivity index (χ0n) is 11.6. The second-order valence-electron chi connectivity index (χ2n) is 5.31. The van der Waals surface area contributed by atoms with Crippen molar-refractivity contribution < 1.29 is 4.79 Å². The molecule has 6 heteroatoms. The number of hydrogen-bond donors (Lipinski definition) is 1. The number of aromatic nitrogens is 3. The Hall–Kier alpha value is -1.56. The van der Waals surface area contributed by atoms with Crippen LogP contribution in [0.2, 0.25) is 0 Å². The number of rotatable bonds is 2. The molecule has 0 aliphatic carbocycles. The normalized spacial score (nSPS) is 17.9. The molecule has 0 fully saturated rings. The molecule has 3 rings (SSSR count). The van der Waals surface area contributed by atoms with Crippen LogP contribution >= 0.6 is 15.9 Å². The van der Waals surface area contributed by atoms with Gasteiger partial charge >= 0.3 is 0 Å². The van der Waals surface area contributed by atoms with E-state index >= 15 is 0 Å². The fraction of sp³-hybridized carbons (Fsp3) is 0.429. The van der Waals surface area contributed by atoms with Crippen molar-refractivity contribution in [3.8, 4) is 0 Å². The van der Waals surface area contributed by atoms with Crippen molar-refractivity contribution >= 4 is 21.8 Å². The monoisotopic (exact) mass is 336 g/mol. The van der Waals surface area contributed by atoms with Gasteiger partial charge in [-0.05, 0) is 35.3 Å². The topological polar surface area (TPSA) is 51.9 Å². The van der Waals surface area contributed by atoms with E-state index in [4.69, 9.17) is 0 Å². The van der Waals surface area contributed by atoms with Crippen molar-refractivity contribution in [2.75, 3.05) is 0 Å². The first-order valence-electron chi connectivity index (χ1n) is 6.68. The van der Waals surface area contributed by atoms with Crippen LogP contribution in [0.3, 0.4) is 0 Å². The molecule has 1 aliphatic rings. The molecule has 1 amide bonds. The van der Waals surface area contributed by atoms with E-state index in [0.29, 0.717) is 5.69 Å². The Bertz CT molecular complexity index is 658. The molecule has 0 bridgehead atoms. The van der Waals surface area contributed by atoms with Gasteiger partial charge in [-0.3, -0.25) is 4.79 Å². The average molecular weight is 337 g/mol. The first-order chi connectivity index (χ1) is 9.52. The van der Waals surface area contributed by atoms with E-state index in [2.05, 4.69) is 30.8 Å². The van der Waals surface area contributed by atoms with Gasteiger partial charge in [-0.25, -0.2) is 4.98 Å². The molecule has 1 atom stereocenters. The Morgan fingerprint density at radius 1 is 1.50 bits per heavy atom. The third-order valence-electron chi connectivity index (χ3n) is 3.65. The van der Waals surface area contributed by atoms with E-state index in [9.17, 15) is 4.79 Å². The van der Waals surface area contributed by atoms with Crippen LogP contribution in [0, 0.1) is 6.92 Å². The zero-order valence-corrected chi connectivity index (χ0v) is 13.1. The van der Waals surface area contributed by atoms with Gasteiger partial charge in [0.15, 0.2) is 0 Å². The molecule has 2 aromatic rings. The highest BCUT2D eigenvalue weighted by molar-refractivity contribution is 9.10. The number of carbonyl (C=O) groups excluding carboxylic acids is 1. The van der Waals surface area contributed by atoms with Gasteiger partial charge in [0.05, 0.1) is 5.69 Å². The molecule has 1 aliphatic heterocycles. The summed E-state index contributed by atoms with van der Waals surface area (Å²) in [5.41, 5.74) is 1.71. The number of amides is 1. The summed E-state index contributed by atoms with van der Waals surface area (Å²) in [5.74, 6) is 1.10. The summed E-state index contributed by atoms with van der Waals surface area (Å²) >= 11 is 3.39. The van der Waals surface area contributed by atoms with Crippen LogP contribution in [0.5, 0.6) is 0 Å². The fourth-order valence-corrected chi connectivity index (χ4v) is 3.24. The lowest BCUT2D eigenvalue weighted by atomic mass is 10.1. The van der Waals surface area contributed by atoms with Gasteiger partial charge in [-0.15, -0.1) is 0 Å². The predicted molar refractivity (Wildman–Crippen MR) is 79.7 cm³/mol. The number of carbonyl (C=O) groups is 1. The van der Waals surface area contributed by atoms with Crippen molar-refractivity contribution in [1.82, 2.24) is 19.4 Å². The lowest BCUT2D eigenvalue weighted by molar-refractivity contribution is 0.0919. The van der Waals surface area contributed by atoms with Crippen LogP contribution in [-0.4, -0.2) is 26.1 Å². The number of halogens is 1. The summed E-state index contributed by atoms with van der Waals surface area (Å²) < 4.78 is 4.89. The highest BCUT2D eigenvalue weighted by Crippen LogP contribution is 2.17. The van der Waals surface area contributed by atoms with Crippen LogP contribution < -0.4 is 5.32 Å². The average Bonchev–Trinajstić information content (AvgIpc) is 2.90. The molecule has 0 aromatic carbocycles. The third-order valence-corrected chi connectivity index (χ3v) is 4.09. The molecule has 0 unspecified atom stereocenters. The van der Waals surface area contributed by atoms with Crippen molar-refractivity contribution in [3.63, 3.8) is 0 Å². The molecule has 3 heterocycles. The van der Waals surface area contributed by atoms with Crippen LogP contribution in [0.15, 0.2) is 22.9 Å². The Labute approximate surface area is 126 Å². The number of fused-ring (bicyclic) bond motifs is 1. The maximum atomic E-state index is 12.3. The lowest BCUT2D eigenvalue weighted by Crippen LogP contribution is -2.41. The Morgan fingerprint density at radius 3 is 3.00 bits per heavy atom. The van der Waals surface area contributed by atoms with Crippen molar-refractivity contribution in [3.05, 3.63) is 40.1 Å². The highest BCUT2D eigenvalue weighted by atomic mass is 79.9. The minimum Gasteiger partial charge on any atom is -0.346 e. The summed E-state index contributed by atoms with van der Waals surface area (Å²) in [6.07, 6.45) is 5.78.